The summed E-state index contributed by atoms with van der Waals surface area (Å²) in [6.07, 6.45) is -0.280. The maximum atomic E-state index is 13.3. The number of non-ortho nitro benzene ring substituents is 1. The molecule has 0 spiro atoms. The molecule has 0 saturated carbocycles. The van der Waals surface area contributed by atoms with E-state index in [1.807, 2.05) is 0 Å². The van der Waals surface area contributed by atoms with Gasteiger partial charge in [-0.25, -0.2) is 8.42 Å². The quantitative estimate of drug-likeness (QED) is 0.208. The second-order valence-corrected chi connectivity index (χ2v) is 12.2. The first-order chi connectivity index (χ1) is 15.2. The molecule has 0 aliphatic carbocycles. The highest BCUT2D eigenvalue weighted by molar-refractivity contribution is 7.89. The molecule has 1 aliphatic rings. The number of nitro groups is 1. The average Bonchev–Trinajstić information content (AvgIpc) is 2.71. The number of ether oxygens (including phenoxy) is 1. The standard InChI is InChI=1S/C16H25N3O11S3/c20-19(21)14-3-4-15(16(13-14)33(28,29)18-7-9-30-10-8-18)17(5-1-11-31(22,23)24)6-2-12-32(25,26)27/h3-4,13H,1-2,5-12H2,(H,22,23,24)(H,25,26,27). The van der Waals surface area contributed by atoms with Crippen LogP contribution in [0.1, 0.15) is 12.8 Å². The van der Waals surface area contributed by atoms with E-state index in [1.165, 1.54) is 11.0 Å². The van der Waals surface area contributed by atoms with Crippen LogP contribution >= 0.6 is 0 Å². The van der Waals surface area contributed by atoms with E-state index in [0.717, 1.165) is 16.4 Å². The molecule has 2 N–H and O–H groups in total. The third-order valence-electron chi connectivity index (χ3n) is 4.74. The van der Waals surface area contributed by atoms with Crippen LogP contribution in [-0.2, 0) is 35.0 Å². The highest BCUT2D eigenvalue weighted by Gasteiger charge is 2.32. The molecule has 1 aliphatic heterocycles. The van der Waals surface area contributed by atoms with Crippen molar-refractivity contribution in [2.75, 3.05) is 55.8 Å². The Morgan fingerprint density at radius 1 is 0.970 bits per heavy atom. The maximum Gasteiger partial charge on any atom is 0.270 e. The molecule has 188 valence electrons. The fraction of sp³-hybridized carbons (Fsp3) is 0.625. The van der Waals surface area contributed by atoms with Gasteiger partial charge in [-0.1, -0.05) is 0 Å². The highest BCUT2D eigenvalue weighted by Crippen LogP contribution is 2.32. The lowest BCUT2D eigenvalue weighted by atomic mass is 10.2. The van der Waals surface area contributed by atoms with Crippen LogP contribution in [0.4, 0.5) is 11.4 Å². The first-order valence-electron chi connectivity index (χ1n) is 9.72. The topological polar surface area (TPSA) is 202 Å². The molecule has 14 nitrogen and oxygen atoms in total. The lowest BCUT2D eigenvalue weighted by Gasteiger charge is -2.30. The van der Waals surface area contributed by atoms with E-state index < -0.39 is 57.3 Å². The van der Waals surface area contributed by atoms with E-state index in [2.05, 4.69) is 0 Å². The zero-order chi connectivity index (χ0) is 24.9. The van der Waals surface area contributed by atoms with Crippen molar-refractivity contribution in [2.45, 2.75) is 17.7 Å². The van der Waals surface area contributed by atoms with Gasteiger partial charge in [-0.3, -0.25) is 19.2 Å². The fourth-order valence-electron chi connectivity index (χ4n) is 3.24. The lowest BCUT2D eigenvalue weighted by molar-refractivity contribution is -0.385. The van der Waals surface area contributed by atoms with Crippen LogP contribution in [0, 0.1) is 10.1 Å². The summed E-state index contributed by atoms with van der Waals surface area (Å²) in [5, 5.41) is 11.3. The zero-order valence-corrected chi connectivity index (χ0v) is 19.9. The summed E-state index contributed by atoms with van der Waals surface area (Å²) in [7, 11) is -12.9. The molecule has 0 atom stereocenters. The van der Waals surface area contributed by atoms with Crippen molar-refractivity contribution in [1.82, 2.24) is 4.31 Å². The molecule has 1 aromatic carbocycles. The molecule has 17 heteroatoms. The molecule has 1 saturated heterocycles. The first-order valence-corrected chi connectivity index (χ1v) is 14.4. The van der Waals surface area contributed by atoms with Gasteiger partial charge < -0.3 is 9.64 Å². The Bertz CT molecular complexity index is 1120. The van der Waals surface area contributed by atoms with Crippen LogP contribution in [0.2, 0.25) is 0 Å². The minimum absolute atomic E-state index is 0.00207. The van der Waals surface area contributed by atoms with Gasteiger partial charge in [0.05, 0.1) is 35.3 Å². The van der Waals surface area contributed by atoms with Gasteiger partial charge in [0.2, 0.25) is 10.0 Å². The van der Waals surface area contributed by atoms with E-state index in [0.29, 0.717) is 0 Å². The van der Waals surface area contributed by atoms with Gasteiger partial charge in [0.25, 0.3) is 25.9 Å². The predicted molar refractivity (Wildman–Crippen MR) is 117 cm³/mol. The summed E-state index contributed by atoms with van der Waals surface area (Å²) in [5.41, 5.74) is -0.487. The van der Waals surface area contributed by atoms with Gasteiger partial charge in [0.15, 0.2) is 0 Å². The minimum Gasteiger partial charge on any atom is -0.379 e. The SMILES string of the molecule is O=[N+]([O-])c1ccc(N(CCCS(=O)(=O)O)CCCS(=O)(=O)O)c(S(=O)(=O)N2CCOCC2)c1. The molecular weight excluding hydrogens is 506 g/mol. The number of hydrogen-bond acceptors (Lipinski definition) is 10. The van der Waals surface area contributed by atoms with Gasteiger partial charge in [0, 0.05) is 38.3 Å². The Morgan fingerprint density at radius 2 is 1.48 bits per heavy atom. The number of hydrogen-bond donors (Lipinski definition) is 2. The second kappa shape index (κ2) is 11.0. The predicted octanol–water partition coefficient (Wildman–Crippen LogP) is -0.0221. The Labute approximate surface area is 191 Å². The number of nitrogens with zero attached hydrogens (tertiary/aromatic N) is 3. The third-order valence-corrected chi connectivity index (χ3v) is 8.28. The summed E-state index contributed by atoms with van der Waals surface area (Å²) in [5.74, 6) is -1.28. The van der Waals surface area contributed by atoms with Gasteiger partial charge in [0.1, 0.15) is 4.90 Å². The Hall–Kier alpha value is -1.89. The van der Waals surface area contributed by atoms with Crippen molar-refractivity contribution in [3.8, 4) is 0 Å². The highest BCUT2D eigenvalue weighted by atomic mass is 32.2. The molecule has 0 bridgehead atoms. The van der Waals surface area contributed by atoms with Crippen molar-refractivity contribution in [3.63, 3.8) is 0 Å². The minimum atomic E-state index is -4.31. The number of benzene rings is 1. The van der Waals surface area contributed by atoms with Crippen LogP contribution in [0.3, 0.4) is 0 Å². The number of anilines is 1. The number of sulfonamides is 1. The summed E-state index contributed by atoms with van der Waals surface area (Å²) in [6, 6.07) is 3.15. The maximum absolute atomic E-state index is 13.3. The molecule has 1 fully saturated rings. The third kappa shape index (κ3) is 8.43. The van der Waals surface area contributed by atoms with E-state index in [-0.39, 0.29) is 57.9 Å². The summed E-state index contributed by atoms with van der Waals surface area (Å²) >= 11 is 0. The molecule has 0 aromatic heterocycles. The largest absolute Gasteiger partial charge is 0.379 e. The van der Waals surface area contributed by atoms with Gasteiger partial charge >= 0.3 is 0 Å². The average molecular weight is 532 g/mol. The van der Waals surface area contributed by atoms with E-state index >= 15 is 0 Å². The molecule has 33 heavy (non-hydrogen) atoms. The Morgan fingerprint density at radius 3 is 1.94 bits per heavy atom. The molecule has 0 amide bonds. The van der Waals surface area contributed by atoms with Gasteiger partial charge in [-0.15, -0.1) is 0 Å². The molecule has 0 radical (unpaired) electrons. The molecule has 1 heterocycles. The second-order valence-electron chi connectivity index (χ2n) is 7.19. The molecular formula is C16H25N3O11S3. The van der Waals surface area contributed by atoms with Crippen molar-refractivity contribution in [2.24, 2.45) is 0 Å². The zero-order valence-electron chi connectivity index (χ0n) is 17.4. The van der Waals surface area contributed by atoms with Crippen LogP contribution in [0.5, 0.6) is 0 Å². The Kier molecular flexibility index (Phi) is 9.14. The van der Waals surface area contributed by atoms with Crippen molar-refractivity contribution in [3.05, 3.63) is 28.3 Å². The molecule has 1 aromatic rings. The number of morpholine rings is 1. The van der Waals surface area contributed by atoms with Gasteiger partial charge in [-0.2, -0.15) is 21.1 Å². The number of rotatable bonds is 12. The molecule has 0 unspecified atom stereocenters. The lowest BCUT2D eigenvalue weighted by Crippen LogP contribution is -2.41. The van der Waals surface area contributed by atoms with Gasteiger partial charge in [-0.05, 0) is 18.9 Å². The normalized spacial score (nSPS) is 15.9. The number of nitro benzene ring substituents is 1. The smallest absolute Gasteiger partial charge is 0.270 e. The van der Waals surface area contributed by atoms with Crippen LogP contribution in [-0.4, -0.2) is 94.5 Å². The van der Waals surface area contributed by atoms with Crippen LogP contribution in [0.15, 0.2) is 23.1 Å². The van der Waals surface area contributed by atoms with Crippen molar-refractivity contribution >= 4 is 41.6 Å². The van der Waals surface area contributed by atoms with Crippen LogP contribution in [0.25, 0.3) is 0 Å². The first kappa shape index (κ1) is 27.4. The fourth-order valence-corrected chi connectivity index (χ4v) is 5.87. The summed E-state index contributed by atoms with van der Waals surface area (Å²) in [4.78, 5) is 11.5. The Balaban J connectivity index is 2.48. The summed E-state index contributed by atoms with van der Waals surface area (Å²) in [6.45, 7) is 0.0845. The summed E-state index contributed by atoms with van der Waals surface area (Å²) < 4.78 is 95.2. The van der Waals surface area contributed by atoms with Crippen molar-refractivity contribution in [1.29, 1.82) is 0 Å². The van der Waals surface area contributed by atoms with E-state index in [4.69, 9.17) is 13.8 Å². The monoisotopic (exact) mass is 531 g/mol. The van der Waals surface area contributed by atoms with E-state index in [9.17, 15) is 35.4 Å². The molecule has 2 rings (SSSR count). The van der Waals surface area contributed by atoms with Crippen LogP contribution < -0.4 is 4.90 Å². The van der Waals surface area contributed by atoms with Crippen molar-refractivity contribution < 1.29 is 44.0 Å². The van der Waals surface area contributed by atoms with E-state index in [1.54, 1.807) is 0 Å².